The van der Waals surface area contributed by atoms with Crippen LogP contribution in [0.15, 0.2) is 5.38 Å². The number of thiazole rings is 1. The average molecular weight is 224 g/mol. The molecule has 1 heterocycles. The number of hydrogen-bond acceptors (Lipinski definition) is 3. The second kappa shape index (κ2) is 5.61. The van der Waals surface area contributed by atoms with Gasteiger partial charge in [0.1, 0.15) is 0 Å². The molecule has 3 heteroatoms. The summed E-state index contributed by atoms with van der Waals surface area (Å²) in [5.74, 6) is 0. The number of hydrogen-bond donors (Lipinski definition) is 1. The topological polar surface area (TPSA) is 24.9 Å². The second-order valence-electron chi connectivity index (χ2n) is 4.42. The second-order valence-corrected chi connectivity index (χ2v) is 5.36. The predicted molar refractivity (Wildman–Crippen MR) is 65.4 cm³/mol. The van der Waals surface area contributed by atoms with Gasteiger partial charge in [-0.2, -0.15) is 0 Å². The zero-order chi connectivity index (χ0) is 10.5. The van der Waals surface area contributed by atoms with E-state index in [1.54, 1.807) is 11.3 Å². The number of unbranched alkanes of at least 4 members (excludes halogenated alkanes) is 1. The summed E-state index contributed by atoms with van der Waals surface area (Å²) in [6.07, 6.45) is 7.93. The summed E-state index contributed by atoms with van der Waals surface area (Å²) in [6, 6.07) is 0.840. The van der Waals surface area contributed by atoms with Gasteiger partial charge >= 0.3 is 0 Å². The Hall–Kier alpha value is -0.410. The van der Waals surface area contributed by atoms with Gasteiger partial charge in [0.15, 0.2) is 0 Å². The van der Waals surface area contributed by atoms with Crippen molar-refractivity contribution in [2.24, 2.45) is 0 Å². The molecule has 1 aliphatic rings. The molecule has 0 atom stereocenters. The molecule has 0 saturated heterocycles. The maximum absolute atomic E-state index is 4.47. The van der Waals surface area contributed by atoms with Crippen molar-refractivity contribution in [3.05, 3.63) is 16.1 Å². The van der Waals surface area contributed by atoms with E-state index < -0.39 is 0 Å². The zero-order valence-corrected chi connectivity index (χ0v) is 10.3. The Morgan fingerprint density at radius 3 is 2.93 bits per heavy atom. The summed E-state index contributed by atoms with van der Waals surface area (Å²) in [7, 11) is 0. The number of aryl methyl sites for hydroxylation is 2. The van der Waals surface area contributed by atoms with Crippen molar-refractivity contribution >= 4 is 11.3 Å². The molecule has 0 aromatic carbocycles. The molecule has 2 nitrogen and oxygen atoms in total. The van der Waals surface area contributed by atoms with E-state index in [9.17, 15) is 0 Å². The molecule has 0 unspecified atom stereocenters. The Morgan fingerprint density at radius 2 is 2.33 bits per heavy atom. The molecule has 15 heavy (non-hydrogen) atoms. The summed E-state index contributed by atoms with van der Waals surface area (Å²) < 4.78 is 0. The predicted octanol–water partition coefficient (Wildman–Crippen LogP) is 2.92. The molecule has 0 radical (unpaired) electrons. The van der Waals surface area contributed by atoms with Crippen LogP contribution >= 0.6 is 11.3 Å². The molecular weight excluding hydrogens is 204 g/mol. The van der Waals surface area contributed by atoms with Crippen molar-refractivity contribution in [3.63, 3.8) is 0 Å². The maximum atomic E-state index is 4.47. The molecule has 1 aliphatic carbocycles. The van der Waals surface area contributed by atoms with Gasteiger partial charge in [-0.25, -0.2) is 4.98 Å². The fourth-order valence-electron chi connectivity index (χ4n) is 1.84. The van der Waals surface area contributed by atoms with E-state index in [-0.39, 0.29) is 0 Å². The molecule has 1 aromatic rings. The Labute approximate surface area is 96.1 Å². The van der Waals surface area contributed by atoms with Gasteiger partial charge in [0.05, 0.1) is 5.01 Å². The van der Waals surface area contributed by atoms with Crippen LogP contribution < -0.4 is 5.32 Å². The van der Waals surface area contributed by atoms with E-state index in [1.165, 1.54) is 49.4 Å². The summed E-state index contributed by atoms with van der Waals surface area (Å²) in [4.78, 5) is 4.47. The first kappa shape index (κ1) is 11.1. The fourth-order valence-corrected chi connectivity index (χ4v) is 2.66. The normalized spacial score (nSPS) is 16.6. The molecule has 1 aromatic heterocycles. The minimum Gasteiger partial charge on any atom is -0.314 e. The highest BCUT2D eigenvalue weighted by atomic mass is 32.1. The molecule has 0 spiro atoms. The van der Waals surface area contributed by atoms with Gasteiger partial charge in [-0.15, -0.1) is 11.3 Å². The van der Waals surface area contributed by atoms with Gasteiger partial charge in [-0.3, -0.25) is 0 Å². The van der Waals surface area contributed by atoms with Gasteiger partial charge in [0, 0.05) is 17.1 Å². The van der Waals surface area contributed by atoms with E-state index in [2.05, 4.69) is 22.6 Å². The third-order valence-electron chi connectivity index (χ3n) is 3.02. The van der Waals surface area contributed by atoms with Crippen molar-refractivity contribution < 1.29 is 0 Å². The maximum Gasteiger partial charge on any atom is 0.0928 e. The van der Waals surface area contributed by atoms with E-state index in [1.807, 2.05) is 0 Å². The minimum atomic E-state index is 0.840. The molecule has 1 fully saturated rings. The van der Waals surface area contributed by atoms with Crippen LogP contribution in [0.1, 0.15) is 42.8 Å². The van der Waals surface area contributed by atoms with E-state index in [4.69, 9.17) is 0 Å². The number of nitrogens with one attached hydrogen (secondary N) is 1. The lowest BCUT2D eigenvalue weighted by Crippen LogP contribution is -2.35. The fraction of sp³-hybridized carbons (Fsp3) is 0.750. The summed E-state index contributed by atoms with van der Waals surface area (Å²) >= 11 is 1.80. The van der Waals surface area contributed by atoms with Crippen molar-refractivity contribution in [1.82, 2.24) is 10.3 Å². The molecular formula is C12H20N2S. The third kappa shape index (κ3) is 3.58. The Bertz CT molecular complexity index is 292. The third-order valence-corrected chi connectivity index (χ3v) is 4.05. The van der Waals surface area contributed by atoms with Crippen LogP contribution in [-0.4, -0.2) is 17.6 Å². The van der Waals surface area contributed by atoms with Crippen molar-refractivity contribution in [3.8, 4) is 0 Å². The largest absolute Gasteiger partial charge is 0.314 e. The molecule has 0 bridgehead atoms. The highest BCUT2D eigenvalue weighted by Crippen LogP contribution is 2.18. The first-order valence-electron chi connectivity index (χ1n) is 5.99. The summed E-state index contributed by atoms with van der Waals surface area (Å²) in [6.45, 7) is 3.26. The van der Waals surface area contributed by atoms with Gasteiger partial charge in [-0.05, 0) is 45.6 Å². The lowest BCUT2D eigenvalue weighted by atomic mass is 9.93. The van der Waals surface area contributed by atoms with E-state index >= 15 is 0 Å². The monoisotopic (exact) mass is 224 g/mol. The highest BCUT2D eigenvalue weighted by Gasteiger charge is 2.15. The summed E-state index contributed by atoms with van der Waals surface area (Å²) in [5, 5.41) is 7.04. The van der Waals surface area contributed by atoms with Crippen LogP contribution in [0.25, 0.3) is 0 Å². The van der Waals surface area contributed by atoms with Gasteiger partial charge in [0.2, 0.25) is 0 Å². The number of aromatic nitrogens is 1. The molecule has 0 amide bonds. The van der Waals surface area contributed by atoms with Crippen molar-refractivity contribution in [1.29, 1.82) is 0 Å². The van der Waals surface area contributed by atoms with Gasteiger partial charge < -0.3 is 5.32 Å². The Balaban J connectivity index is 1.51. The SMILES string of the molecule is Cc1csc(CCCCNC2CCC2)n1. The van der Waals surface area contributed by atoms with Crippen LogP contribution in [0.2, 0.25) is 0 Å². The van der Waals surface area contributed by atoms with E-state index in [0.717, 1.165) is 12.5 Å². The summed E-state index contributed by atoms with van der Waals surface area (Å²) in [5.41, 5.74) is 1.17. The molecule has 0 aliphatic heterocycles. The van der Waals surface area contributed by atoms with Crippen LogP contribution in [0.5, 0.6) is 0 Å². The highest BCUT2D eigenvalue weighted by molar-refractivity contribution is 7.09. The lowest BCUT2D eigenvalue weighted by Gasteiger charge is -2.26. The Kier molecular flexibility index (Phi) is 4.15. The zero-order valence-electron chi connectivity index (χ0n) is 9.46. The van der Waals surface area contributed by atoms with Crippen LogP contribution in [0.3, 0.4) is 0 Å². The average Bonchev–Trinajstić information content (AvgIpc) is 2.54. The van der Waals surface area contributed by atoms with Crippen molar-refractivity contribution in [2.45, 2.75) is 51.5 Å². The van der Waals surface area contributed by atoms with Gasteiger partial charge in [-0.1, -0.05) is 6.42 Å². The minimum absolute atomic E-state index is 0.840. The van der Waals surface area contributed by atoms with Crippen molar-refractivity contribution in [2.75, 3.05) is 6.54 Å². The number of nitrogens with zero attached hydrogens (tertiary/aromatic N) is 1. The van der Waals surface area contributed by atoms with Gasteiger partial charge in [0.25, 0.3) is 0 Å². The van der Waals surface area contributed by atoms with Crippen LogP contribution in [0.4, 0.5) is 0 Å². The first-order valence-corrected chi connectivity index (χ1v) is 6.87. The standard InChI is InChI=1S/C12H20N2S/c1-10-9-15-12(14-10)7-2-3-8-13-11-5-4-6-11/h9,11,13H,2-8H2,1H3. The van der Waals surface area contributed by atoms with Crippen LogP contribution in [-0.2, 0) is 6.42 Å². The smallest absolute Gasteiger partial charge is 0.0928 e. The van der Waals surface area contributed by atoms with E-state index in [0.29, 0.717) is 0 Å². The molecule has 84 valence electrons. The lowest BCUT2D eigenvalue weighted by molar-refractivity contribution is 0.338. The molecule has 1 N–H and O–H groups in total. The van der Waals surface area contributed by atoms with Crippen LogP contribution in [0, 0.1) is 6.92 Å². The number of rotatable bonds is 6. The molecule has 1 saturated carbocycles. The molecule has 2 rings (SSSR count). The quantitative estimate of drug-likeness (QED) is 0.752. The Morgan fingerprint density at radius 1 is 1.47 bits per heavy atom. The first-order chi connectivity index (χ1) is 7.34.